The molecule has 0 aliphatic heterocycles. The maximum atomic E-state index is 9.25. The lowest BCUT2D eigenvalue weighted by Gasteiger charge is -2.15. The first-order valence-corrected chi connectivity index (χ1v) is 10.2. The number of nitrogens with zero attached hydrogens (tertiary/aromatic N) is 2. The van der Waals surface area contributed by atoms with Crippen molar-refractivity contribution in [1.82, 2.24) is 4.98 Å². The molecular formula is C21H23N2O3S+. The molecule has 6 heteroatoms. The van der Waals surface area contributed by atoms with E-state index in [1.54, 1.807) is 12.3 Å². The van der Waals surface area contributed by atoms with Crippen LogP contribution in [-0.4, -0.2) is 29.2 Å². The van der Waals surface area contributed by atoms with Crippen LogP contribution in [0.1, 0.15) is 26.3 Å². The molecule has 3 rings (SSSR count). The van der Waals surface area contributed by atoms with Crippen LogP contribution in [0.4, 0.5) is 0 Å². The minimum Gasteiger partial charge on any atom is -0.491 e. The van der Waals surface area contributed by atoms with Crippen LogP contribution in [0.25, 0.3) is 22.3 Å². The fourth-order valence-electron chi connectivity index (χ4n) is 2.44. The van der Waals surface area contributed by atoms with Crippen LogP contribution >= 0.6 is 0 Å². The molecule has 3 aromatic rings. The summed E-state index contributed by atoms with van der Waals surface area (Å²) in [6.45, 7) is 7.55. The minimum atomic E-state index is -0.115. The predicted octanol–water partition coefficient (Wildman–Crippen LogP) is 4.72. The summed E-state index contributed by atoms with van der Waals surface area (Å²) in [5.41, 5.74) is 1.97. The van der Waals surface area contributed by atoms with Crippen molar-refractivity contribution in [2.75, 3.05) is 19.5 Å². The van der Waals surface area contributed by atoms with Gasteiger partial charge in [0.15, 0.2) is 4.75 Å². The fourth-order valence-corrected chi connectivity index (χ4v) is 3.11. The van der Waals surface area contributed by atoms with E-state index in [1.165, 1.54) is 6.20 Å². The first-order valence-electron chi connectivity index (χ1n) is 8.68. The maximum absolute atomic E-state index is 9.25. The highest BCUT2D eigenvalue weighted by atomic mass is 32.2. The summed E-state index contributed by atoms with van der Waals surface area (Å²) in [7, 11) is 0. The van der Waals surface area contributed by atoms with Crippen molar-refractivity contribution in [2.45, 2.75) is 25.5 Å². The number of nitriles is 1. The van der Waals surface area contributed by atoms with Crippen LogP contribution in [0.15, 0.2) is 47.1 Å². The third-order valence-corrected chi connectivity index (χ3v) is 6.41. The Hall–Kier alpha value is -2.49. The van der Waals surface area contributed by atoms with Crippen LogP contribution in [0, 0.1) is 11.3 Å². The molecule has 1 unspecified atom stereocenters. The average molecular weight is 383 g/mol. The molecule has 0 radical (unpaired) electrons. The van der Waals surface area contributed by atoms with Gasteiger partial charge >= 0.3 is 0 Å². The lowest BCUT2D eigenvalue weighted by atomic mass is 10.1. The molecular weight excluding hydrogens is 360 g/mol. The Morgan fingerprint density at radius 3 is 2.74 bits per heavy atom. The van der Waals surface area contributed by atoms with Crippen LogP contribution in [0.2, 0.25) is 0 Å². The zero-order valence-corrected chi connectivity index (χ0v) is 16.8. The third kappa shape index (κ3) is 4.62. The average Bonchev–Trinajstić information content (AvgIpc) is 3.07. The van der Waals surface area contributed by atoms with Crippen molar-refractivity contribution in [3.63, 3.8) is 0 Å². The zero-order valence-electron chi connectivity index (χ0n) is 16.0. The molecule has 0 spiro atoms. The number of ether oxygens (including phenoxy) is 1. The molecule has 0 saturated carbocycles. The van der Waals surface area contributed by atoms with E-state index in [9.17, 15) is 5.26 Å². The second-order valence-electron chi connectivity index (χ2n) is 7.08. The van der Waals surface area contributed by atoms with E-state index in [4.69, 9.17) is 13.3 Å². The molecule has 140 valence electrons. The Balaban J connectivity index is 1.69. The Kier molecular flexibility index (Phi) is 5.73. The molecule has 0 saturated heterocycles. The molecule has 1 atom stereocenters. The highest BCUT2D eigenvalue weighted by Crippen LogP contribution is 2.31. The summed E-state index contributed by atoms with van der Waals surface area (Å²) in [5, 5.41) is 10.2. The molecule has 0 amide bonds. The molecule has 2 aromatic heterocycles. The molecule has 0 aliphatic rings. The highest BCUT2D eigenvalue weighted by molar-refractivity contribution is 7.93. The zero-order chi connectivity index (χ0) is 19.4. The van der Waals surface area contributed by atoms with Gasteiger partial charge < -0.3 is 9.15 Å². The van der Waals surface area contributed by atoms with Gasteiger partial charge in [-0.1, -0.05) is 0 Å². The summed E-state index contributed by atoms with van der Waals surface area (Å²) >= 11 is -0.115. The Morgan fingerprint density at radius 2 is 2.00 bits per heavy atom. The monoisotopic (exact) mass is 383 g/mol. The van der Waals surface area contributed by atoms with E-state index in [1.807, 2.05) is 24.3 Å². The second kappa shape index (κ2) is 8.03. The molecule has 0 bridgehead atoms. The second-order valence-corrected chi connectivity index (χ2v) is 9.45. The summed E-state index contributed by atoms with van der Waals surface area (Å²) in [6.07, 6.45) is 5.29. The molecule has 0 aliphatic carbocycles. The van der Waals surface area contributed by atoms with Gasteiger partial charge in [0.05, 0.1) is 5.56 Å². The van der Waals surface area contributed by atoms with Crippen molar-refractivity contribution < 1.29 is 13.3 Å². The lowest BCUT2D eigenvalue weighted by molar-refractivity contribution is 0.232. The van der Waals surface area contributed by atoms with Crippen molar-refractivity contribution in [2.24, 2.45) is 0 Å². The van der Waals surface area contributed by atoms with E-state index in [2.05, 4.69) is 38.1 Å². The molecule has 0 fully saturated rings. The van der Waals surface area contributed by atoms with E-state index in [0.717, 1.165) is 22.3 Å². The molecule has 27 heavy (non-hydrogen) atoms. The summed E-state index contributed by atoms with van der Waals surface area (Å²) in [6, 6.07) is 11.5. The normalized spacial score (nSPS) is 12.7. The molecule has 1 aromatic carbocycles. The quantitative estimate of drug-likeness (QED) is 0.455. The van der Waals surface area contributed by atoms with Crippen LogP contribution < -0.4 is 4.74 Å². The number of rotatable bonds is 6. The molecule has 0 N–H and O–H groups in total. The van der Waals surface area contributed by atoms with E-state index in [0.29, 0.717) is 24.5 Å². The number of fused-ring (bicyclic) bond motifs is 1. The van der Waals surface area contributed by atoms with Gasteiger partial charge in [0, 0.05) is 23.3 Å². The fraction of sp³-hybridized carbons (Fsp3) is 0.333. The maximum Gasteiger partial charge on any atom is 0.152 e. The van der Waals surface area contributed by atoms with Crippen molar-refractivity contribution in [3.8, 4) is 23.1 Å². The number of aromatic nitrogens is 1. The van der Waals surface area contributed by atoms with Gasteiger partial charge in [-0.15, -0.1) is 0 Å². The van der Waals surface area contributed by atoms with Crippen LogP contribution in [0.5, 0.6) is 5.75 Å². The van der Waals surface area contributed by atoms with Gasteiger partial charge in [0.25, 0.3) is 0 Å². The topological polar surface area (TPSA) is 68.3 Å². The van der Waals surface area contributed by atoms with E-state index >= 15 is 0 Å². The number of hydrogen-bond donors (Lipinski definition) is 0. The summed E-state index contributed by atoms with van der Waals surface area (Å²) in [5.74, 6) is 1.41. The van der Waals surface area contributed by atoms with E-state index in [-0.39, 0.29) is 15.9 Å². The van der Waals surface area contributed by atoms with Gasteiger partial charge in [-0.3, -0.25) is 4.98 Å². The van der Waals surface area contributed by atoms with Gasteiger partial charge in [0.1, 0.15) is 53.8 Å². The van der Waals surface area contributed by atoms with Crippen LogP contribution in [0.3, 0.4) is 0 Å². The van der Waals surface area contributed by atoms with Crippen molar-refractivity contribution >= 4 is 22.1 Å². The number of hydrogen-bond acceptors (Lipinski definition) is 5. The first kappa shape index (κ1) is 19.3. The highest BCUT2D eigenvalue weighted by Gasteiger charge is 2.31. The lowest BCUT2D eigenvalue weighted by Crippen LogP contribution is -2.30. The number of furan rings is 1. The smallest absolute Gasteiger partial charge is 0.152 e. The predicted molar refractivity (Wildman–Crippen MR) is 109 cm³/mol. The first-order chi connectivity index (χ1) is 12.9. The van der Waals surface area contributed by atoms with Crippen molar-refractivity contribution in [3.05, 3.63) is 48.3 Å². The van der Waals surface area contributed by atoms with Gasteiger partial charge in [-0.05, 0) is 51.1 Å². The molecule has 2 heterocycles. The minimum absolute atomic E-state index is 0.115. The van der Waals surface area contributed by atoms with Crippen molar-refractivity contribution in [1.29, 1.82) is 5.26 Å². The Bertz CT molecular complexity index is 969. The number of benzene rings is 1. The third-order valence-electron chi connectivity index (χ3n) is 4.17. The van der Waals surface area contributed by atoms with Gasteiger partial charge in [-0.25, -0.2) is 0 Å². The molecule has 5 nitrogen and oxygen atoms in total. The van der Waals surface area contributed by atoms with Gasteiger partial charge in [0.2, 0.25) is 0 Å². The largest absolute Gasteiger partial charge is 0.491 e. The van der Waals surface area contributed by atoms with E-state index < -0.39 is 0 Å². The SMILES string of the molecule is C[S+](OCCOc1ccc2oc(-c3ccncc3C#N)cc2c1)C(C)(C)C. The Morgan fingerprint density at radius 1 is 1.19 bits per heavy atom. The number of pyridine rings is 1. The summed E-state index contributed by atoms with van der Waals surface area (Å²) < 4.78 is 17.7. The Labute approximate surface area is 162 Å². The van der Waals surface area contributed by atoms with Gasteiger partial charge in [-0.2, -0.15) is 9.44 Å². The summed E-state index contributed by atoms with van der Waals surface area (Å²) in [4.78, 5) is 3.98. The van der Waals surface area contributed by atoms with Crippen LogP contribution in [-0.2, 0) is 15.4 Å². The standard InChI is InChI=1S/C21H23N2O3S/c1-21(2,3)27(4)25-10-9-24-17-5-6-19-15(11-17)12-20(26-19)18-7-8-23-14-16(18)13-22/h5-8,11-12,14H,9-10H2,1-4H3/q+1.